The number of imide groups is 2. The molecule has 0 saturated carbocycles. The first-order chi connectivity index (χ1) is 25.6. The van der Waals surface area contributed by atoms with E-state index < -0.39 is 35.5 Å². The average molecular weight is 722 g/mol. The predicted molar refractivity (Wildman–Crippen MR) is 190 cm³/mol. The van der Waals surface area contributed by atoms with Crippen LogP contribution in [0, 0.1) is 5.82 Å². The fourth-order valence-electron chi connectivity index (χ4n) is 7.39. The van der Waals surface area contributed by atoms with Gasteiger partial charge in [-0.05, 0) is 54.8 Å². The first-order valence-electron chi connectivity index (χ1n) is 17.6. The quantitative estimate of drug-likeness (QED) is 0.224. The van der Waals surface area contributed by atoms with Crippen molar-refractivity contribution < 1.29 is 28.4 Å². The third-order valence-corrected chi connectivity index (χ3v) is 10.4. The number of benzene rings is 1. The van der Waals surface area contributed by atoms with Gasteiger partial charge in [-0.15, -0.1) is 0 Å². The molecule has 7 heterocycles. The van der Waals surface area contributed by atoms with Crippen LogP contribution in [0.4, 0.5) is 15.8 Å². The molecule has 4 aromatic rings. The zero-order chi connectivity index (χ0) is 37.0. The molecule has 8 rings (SSSR count). The Balaban J connectivity index is 0.827. The molecular weight excluding hydrogens is 685 g/mol. The third kappa shape index (κ3) is 6.39. The lowest BCUT2D eigenvalue weighted by Crippen LogP contribution is -2.59. The maximum Gasteiger partial charge on any atom is 0.270 e. The Hall–Kier alpha value is -6.03. The van der Waals surface area contributed by atoms with Gasteiger partial charge in [-0.2, -0.15) is 0 Å². The molecular formula is C37H36FN9O6. The van der Waals surface area contributed by atoms with Crippen LogP contribution in [-0.2, 0) is 22.6 Å². The van der Waals surface area contributed by atoms with Gasteiger partial charge in [0.2, 0.25) is 11.8 Å². The van der Waals surface area contributed by atoms with Gasteiger partial charge in [-0.25, -0.2) is 9.37 Å². The summed E-state index contributed by atoms with van der Waals surface area (Å²) in [4.78, 5) is 94.2. The number of nitrogens with zero attached hydrogens (tertiary/aromatic N) is 6. The van der Waals surface area contributed by atoms with E-state index in [2.05, 4.69) is 35.4 Å². The van der Waals surface area contributed by atoms with E-state index in [0.717, 1.165) is 65.0 Å². The monoisotopic (exact) mass is 721 g/mol. The maximum absolute atomic E-state index is 15.2. The van der Waals surface area contributed by atoms with Crippen molar-refractivity contribution >= 4 is 51.9 Å². The van der Waals surface area contributed by atoms with E-state index in [-0.39, 0.29) is 65.9 Å². The van der Waals surface area contributed by atoms with Gasteiger partial charge in [-0.1, -0.05) is 6.92 Å². The molecule has 0 aliphatic carbocycles. The number of hydrogen-bond acceptors (Lipinski definition) is 11. The highest BCUT2D eigenvalue weighted by atomic mass is 19.1. The summed E-state index contributed by atoms with van der Waals surface area (Å²) in [5.74, 6) is -3.78. The minimum Gasteiger partial charge on any atom is -0.368 e. The number of aromatic amines is 1. The van der Waals surface area contributed by atoms with Gasteiger partial charge in [0.1, 0.15) is 17.6 Å². The molecule has 1 atom stereocenters. The molecule has 1 aromatic carbocycles. The van der Waals surface area contributed by atoms with Gasteiger partial charge in [0.05, 0.1) is 45.8 Å². The molecule has 16 heteroatoms. The zero-order valence-electron chi connectivity index (χ0n) is 28.9. The second-order valence-corrected chi connectivity index (χ2v) is 13.8. The van der Waals surface area contributed by atoms with Crippen molar-refractivity contribution in [2.75, 3.05) is 49.1 Å². The molecule has 53 heavy (non-hydrogen) atoms. The number of aryl methyl sites for hydroxylation is 1. The first-order valence-corrected chi connectivity index (χ1v) is 17.6. The van der Waals surface area contributed by atoms with Gasteiger partial charge in [0.15, 0.2) is 0 Å². The number of piperazine rings is 1. The van der Waals surface area contributed by atoms with E-state index >= 15 is 4.39 Å². The molecule has 0 radical (unpaired) electrons. The Morgan fingerprint density at radius 1 is 0.925 bits per heavy atom. The van der Waals surface area contributed by atoms with Crippen LogP contribution < -0.4 is 26.0 Å². The highest BCUT2D eigenvalue weighted by Gasteiger charge is 2.45. The standard InChI is InChI=1S/C37H36FN9O6/c1-2-21-12-28-29(42-33(21)49)11-20(15-39-28)17-44-7-9-45(10-8-44)23-3-4-27(40-16-23)34(50)41-22-18-46(19-22)31-14-25-24(13-26(31)38)36(52)47(37(25)53)30-5-6-32(48)43-35(30)51/h3-4,11-16,22,30H,2,5-10,17-19H2,1H3,(H,41,50)(H,42,49)(H,43,48,51). The summed E-state index contributed by atoms with van der Waals surface area (Å²) in [6, 6.07) is 8.25. The summed E-state index contributed by atoms with van der Waals surface area (Å²) in [5, 5.41) is 5.06. The van der Waals surface area contributed by atoms with Gasteiger partial charge >= 0.3 is 0 Å². The molecule has 15 nitrogen and oxygen atoms in total. The Morgan fingerprint density at radius 2 is 1.68 bits per heavy atom. The van der Waals surface area contributed by atoms with Crippen molar-refractivity contribution in [3.63, 3.8) is 0 Å². The number of H-pyrrole nitrogens is 1. The number of halogens is 1. The summed E-state index contributed by atoms with van der Waals surface area (Å²) >= 11 is 0. The topological polar surface area (TPSA) is 181 Å². The molecule has 4 aliphatic heterocycles. The molecule has 272 valence electrons. The van der Waals surface area contributed by atoms with Crippen LogP contribution in [0.25, 0.3) is 11.0 Å². The third-order valence-electron chi connectivity index (χ3n) is 10.4. The average Bonchev–Trinajstić information content (AvgIpc) is 3.37. The Bertz CT molecular complexity index is 2250. The number of hydrogen-bond donors (Lipinski definition) is 3. The van der Waals surface area contributed by atoms with Crippen molar-refractivity contribution in [3.8, 4) is 0 Å². The smallest absolute Gasteiger partial charge is 0.270 e. The minimum absolute atomic E-state index is 0.00504. The Kier molecular flexibility index (Phi) is 8.68. The van der Waals surface area contributed by atoms with E-state index in [4.69, 9.17) is 0 Å². The van der Waals surface area contributed by atoms with Crippen LogP contribution in [-0.4, -0.2) is 106 Å². The second kappa shape index (κ2) is 13.5. The molecule has 0 bridgehead atoms. The van der Waals surface area contributed by atoms with E-state index in [1.807, 2.05) is 31.3 Å². The Morgan fingerprint density at radius 3 is 2.38 bits per heavy atom. The summed E-state index contributed by atoms with van der Waals surface area (Å²) in [7, 11) is 0. The number of pyridine rings is 3. The molecule has 0 spiro atoms. The normalized spacial score (nSPS) is 19.4. The van der Waals surface area contributed by atoms with E-state index in [1.54, 1.807) is 17.2 Å². The van der Waals surface area contributed by atoms with E-state index in [9.17, 15) is 28.8 Å². The largest absolute Gasteiger partial charge is 0.368 e. The molecule has 3 saturated heterocycles. The van der Waals surface area contributed by atoms with Crippen LogP contribution >= 0.6 is 0 Å². The number of nitrogens with one attached hydrogen (secondary N) is 3. The summed E-state index contributed by atoms with van der Waals surface area (Å²) in [5.41, 5.74) is 4.30. The fourth-order valence-corrected chi connectivity index (χ4v) is 7.39. The molecule has 4 aliphatic rings. The first kappa shape index (κ1) is 34.1. The van der Waals surface area contributed by atoms with Crippen molar-refractivity contribution in [1.82, 2.24) is 35.4 Å². The lowest BCUT2D eigenvalue weighted by Gasteiger charge is -2.41. The number of carbonyl (C=O) groups excluding carboxylic acids is 5. The van der Waals surface area contributed by atoms with Crippen LogP contribution in [0.1, 0.15) is 62.1 Å². The summed E-state index contributed by atoms with van der Waals surface area (Å²) in [6.07, 6.45) is 4.19. The van der Waals surface area contributed by atoms with Crippen molar-refractivity contribution in [2.45, 2.75) is 44.8 Å². The zero-order valence-corrected chi connectivity index (χ0v) is 28.9. The van der Waals surface area contributed by atoms with Gasteiger partial charge in [0, 0.05) is 64.0 Å². The molecule has 3 N–H and O–H groups in total. The minimum atomic E-state index is -1.14. The number of piperidine rings is 1. The maximum atomic E-state index is 15.2. The molecule has 3 fully saturated rings. The number of anilines is 2. The van der Waals surface area contributed by atoms with Crippen molar-refractivity contribution in [1.29, 1.82) is 0 Å². The lowest BCUT2D eigenvalue weighted by molar-refractivity contribution is -0.136. The summed E-state index contributed by atoms with van der Waals surface area (Å²) in [6.45, 7) is 6.39. The number of aromatic nitrogens is 3. The van der Waals surface area contributed by atoms with Crippen molar-refractivity contribution in [3.05, 3.63) is 92.9 Å². The van der Waals surface area contributed by atoms with Crippen LogP contribution in [0.15, 0.2) is 53.6 Å². The number of amides is 5. The fraction of sp³-hybridized carbons (Fsp3) is 0.351. The predicted octanol–water partition coefficient (Wildman–Crippen LogP) is 1.36. The van der Waals surface area contributed by atoms with Crippen LogP contribution in [0.5, 0.6) is 0 Å². The van der Waals surface area contributed by atoms with E-state index in [1.165, 1.54) is 6.07 Å². The van der Waals surface area contributed by atoms with Gasteiger partial charge < -0.3 is 20.1 Å². The molecule has 5 amide bonds. The Labute approximate surface area is 302 Å². The van der Waals surface area contributed by atoms with Crippen molar-refractivity contribution in [2.24, 2.45) is 0 Å². The van der Waals surface area contributed by atoms with Crippen LogP contribution in [0.2, 0.25) is 0 Å². The number of carbonyl (C=O) groups is 5. The van der Waals surface area contributed by atoms with Crippen LogP contribution in [0.3, 0.4) is 0 Å². The molecule has 3 aromatic heterocycles. The highest BCUT2D eigenvalue weighted by Crippen LogP contribution is 2.34. The summed E-state index contributed by atoms with van der Waals surface area (Å²) < 4.78 is 15.2. The lowest BCUT2D eigenvalue weighted by atomic mass is 10.0. The van der Waals surface area contributed by atoms with Gasteiger partial charge in [0.25, 0.3) is 23.3 Å². The second-order valence-electron chi connectivity index (χ2n) is 13.8. The number of rotatable bonds is 8. The van der Waals surface area contributed by atoms with Gasteiger partial charge in [-0.3, -0.25) is 48.9 Å². The number of fused-ring (bicyclic) bond motifs is 2. The highest BCUT2D eigenvalue weighted by molar-refractivity contribution is 6.23. The molecule has 1 unspecified atom stereocenters. The van der Waals surface area contributed by atoms with E-state index in [0.29, 0.717) is 13.0 Å². The SMILES string of the molecule is CCc1cc2ncc(CN3CCN(c4ccc(C(=O)NC5CN(c6cc7c(cc6F)C(=O)N(C6CCC(=O)NC6=O)C7=O)C5)nc4)CC3)cc2[nH]c1=O.